The number of nitrogens with zero attached hydrogens (tertiary/aromatic N) is 1. The van der Waals surface area contributed by atoms with Gasteiger partial charge in [0.05, 0.1) is 5.69 Å². The third kappa shape index (κ3) is 2.65. The maximum Gasteiger partial charge on any atom is 0.0602 e. The van der Waals surface area contributed by atoms with E-state index in [0.717, 1.165) is 17.6 Å². The lowest BCUT2D eigenvalue weighted by molar-refractivity contribution is 0.389. The molecule has 1 aromatic carbocycles. The summed E-state index contributed by atoms with van der Waals surface area (Å²) in [5.74, 6) is 0.732. The van der Waals surface area contributed by atoms with E-state index in [9.17, 15) is 0 Å². The molecule has 0 saturated carbocycles. The number of hydrogen-bond donors (Lipinski definition) is 2. The van der Waals surface area contributed by atoms with Crippen LogP contribution in [-0.4, -0.2) is 22.1 Å². The largest absolute Gasteiger partial charge is 0.291 e. The van der Waals surface area contributed by atoms with Gasteiger partial charge in [0.2, 0.25) is 0 Å². The highest BCUT2D eigenvalue weighted by Gasteiger charge is 2.37. The van der Waals surface area contributed by atoms with E-state index in [1.807, 2.05) is 24.3 Å². The van der Waals surface area contributed by atoms with Crippen LogP contribution < -0.4 is 5.48 Å². The quantitative estimate of drug-likeness (QED) is 0.468. The average molecular weight is 224 g/mol. The Morgan fingerprint density at radius 2 is 2.07 bits per heavy atom. The summed E-state index contributed by atoms with van der Waals surface area (Å²) in [7, 11) is 0. The molecule has 1 aliphatic rings. The van der Waals surface area contributed by atoms with Crippen LogP contribution in [0.1, 0.15) is 13.8 Å². The zero-order valence-electron chi connectivity index (χ0n) is 8.97. The molecule has 1 aromatic rings. The molecule has 0 aliphatic carbocycles. The highest BCUT2D eigenvalue weighted by atomic mass is 32.2. The zero-order valence-corrected chi connectivity index (χ0v) is 9.79. The van der Waals surface area contributed by atoms with Crippen LogP contribution in [-0.2, 0) is 0 Å². The van der Waals surface area contributed by atoms with Crippen molar-refractivity contribution in [3.63, 3.8) is 0 Å². The standard InChI is InChI=1S/C11H16N2OS/c1-8(2)11-7-13(11)15-10-5-3-9(12-14)4-6-10/h3-6,8,11-12,14H,7H2,1-2H3. The summed E-state index contributed by atoms with van der Waals surface area (Å²) in [6.45, 7) is 5.69. The summed E-state index contributed by atoms with van der Waals surface area (Å²) in [5.41, 5.74) is 2.85. The molecule has 0 amide bonds. The first-order valence-corrected chi connectivity index (χ1v) is 5.93. The normalized spacial score (nSPS) is 24.3. The van der Waals surface area contributed by atoms with E-state index in [1.54, 1.807) is 11.9 Å². The number of rotatable bonds is 4. The van der Waals surface area contributed by atoms with Gasteiger partial charge in [-0.05, 0) is 42.1 Å². The molecule has 15 heavy (non-hydrogen) atoms. The van der Waals surface area contributed by atoms with E-state index in [1.165, 1.54) is 11.4 Å². The Balaban J connectivity index is 1.90. The second kappa shape index (κ2) is 4.43. The Labute approximate surface area is 94.6 Å². The Hall–Kier alpha value is -0.710. The van der Waals surface area contributed by atoms with E-state index in [2.05, 4.69) is 23.6 Å². The molecule has 4 heteroatoms. The fourth-order valence-corrected chi connectivity index (χ4v) is 2.65. The van der Waals surface area contributed by atoms with Crippen LogP contribution >= 0.6 is 11.9 Å². The fraction of sp³-hybridized carbons (Fsp3) is 0.455. The SMILES string of the molecule is CC(C)C1CN1Sc1ccc(NO)cc1. The van der Waals surface area contributed by atoms with Crippen LogP contribution in [0.2, 0.25) is 0 Å². The maximum atomic E-state index is 8.67. The highest BCUT2D eigenvalue weighted by Crippen LogP contribution is 2.37. The third-order valence-electron chi connectivity index (χ3n) is 2.58. The van der Waals surface area contributed by atoms with E-state index >= 15 is 0 Å². The van der Waals surface area contributed by atoms with Crippen molar-refractivity contribution in [1.29, 1.82) is 0 Å². The van der Waals surface area contributed by atoms with Gasteiger partial charge in [0.15, 0.2) is 0 Å². The van der Waals surface area contributed by atoms with Gasteiger partial charge in [-0.25, -0.2) is 4.31 Å². The Morgan fingerprint density at radius 3 is 2.53 bits per heavy atom. The number of nitrogens with one attached hydrogen (secondary N) is 1. The Kier molecular flexibility index (Phi) is 3.19. The van der Waals surface area contributed by atoms with Crippen LogP contribution in [0, 0.1) is 5.92 Å². The molecule has 82 valence electrons. The monoisotopic (exact) mass is 224 g/mol. The Bertz CT molecular complexity index is 326. The molecule has 1 heterocycles. The third-order valence-corrected chi connectivity index (χ3v) is 3.72. The predicted octanol–water partition coefficient (Wildman–Crippen LogP) is 2.84. The summed E-state index contributed by atoms with van der Waals surface area (Å²) in [4.78, 5) is 1.22. The fourth-order valence-electron chi connectivity index (χ4n) is 1.51. The summed E-state index contributed by atoms with van der Waals surface area (Å²) in [6, 6.07) is 8.50. The lowest BCUT2D eigenvalue weighted by Gasteiger charge is -2.06. The lowest BCUT2D eigenvalue weighted by Crippen LogP contribution is -2.01. The maximum absolute atomic E-state index is 8.67. The van der Waals surface area contributed by atoms with Crippen LogP contribution in [0.5, 0.6) is 0 Å². The van der Waals surface area contributed by atoms with Gasteiger partial charge in [0.25, 0.3) is 0 Å². The number of anilines is 1. The molecule has 0 radical (unpaired) electrons. The van der Waals surface area contributed by atoms with Gasteiger partial charge in [-0.15, -0.1) is 0 Å². The summed E-state index contributed by atoms with van der Waals surface area (Å²) >= 11 is 1.79. The van der Waals surface area contributed by atoms with Gasteiger partial charge in [0.1, 0.15) is 0 Å². The van der Waals surface area contributed by atoms with Crippen LogP contribution in [0.25, 0.3) is 0 Å². The average Bonchev–Trinajstić information content (AvgIpc) is 2.98. The van der Waals surface area contributed by atoms with Crippen molar-refractivity contribution in [3.05, 3.63) is 24.3 Å². The van der Waals surface area contributed by atoms with Crippen molar-refractivity contribution < 1.29 is 5.21 Å². The van der Waals surface area contributed by atoms with Crippen LogP contribution in [0.3, 0.4) is 0 Å². The van der Waals surface area contributed by atoms with E-state index in [4.69, 9.17) is 5.21 Å². The molecule has 2 atom stereocenters. The molecular formula is C11H16N2OS. The van der Waals surface area contributed by atoms with Crippen LogP contribution in [0.4, 0.5) is 5.69 Å². The van der Waals surface area contributed by atoms with E-state index in [-0.39, 0.29) is 0 Å². The smallest absolute Gasteiger partial charge is 0.0602 e. The predicted molar refractivity (Wildman–Crippen MR) is 63.0 cm³/mol. The van der Waals surface area contributed by atoms with Gasteiger partial charge in [-0.1, -0.05) is 13.8 Å². The van der Waals surface area contributed by atoms with Crippen molar-refractivity contribution in [2.75, 3.05) is 12.0 Å². The molecule has 0 spiro atoms. The van der Waals surface area contributed by atoms with Gasteiger partial charge < -0.3 is 0 Å². The molecular weight excluding hydrogens is 208 g/mol. The molecule has 1 saturated heterocycles. The molecule has 2 unspecified atom stereocenters. The van der Waals surface area contributed by atoms with Crippen LogP contribution in [0.15, 0.2) is 29.2 Å². The number of benzene rings is 1. The first kappa shape index (κ1) is 10.8. The number of hydrogen-bond acceptors (Lipinski definition) is 4. The summed E-state index contributed by atoms with van der Waals surface area (Å²) in [5, 5.41) is 8.67. The lowest BCUT2D eigenvalue weighted by atomic mass is 10.1. The van der Waals surface area contributed by atoms with E-state index < -0.39 is 0 Å². The first-order valence-electron chi connectivity index (χ1n) is 5.15. The zero-order chi connectivity index (χ0) is 10.8. The topological polar surface area (TPSA) is 35.3 Å². The minimum absolute atomic E-state index is 0.727. The minimum atomic E-state index is 0.727. The molecule has 1 fully saturated rings. The van der Waals surface area contributed by atoms with Gasteiger partial charge in [0, 0.05) is 17.5 Å². The summed E-state index contributed by atoms with van der Waals surface area (Å²) in [6.07, 6.45) is 0. The van der Waals surface area contributed by atoms with Gasteiger partial charge in [-0.2, -0.15) is 0 Å². The molecule has 0 bridgehead atoms. The highest BCUT2D eigenvalue weighted by molar-refractivity contribution is 7.97. The van der Waals surface area contributed by atoms with Crippen molar-refractivity contribution in [2.45, 2.75) is 24.8 Å². The first-order chi connectivity index (χ1) is 7.20. The second-order valence-electron chi connectivity index (χ2n) is 4.14. The molecule has 2 N–H and O–H groups in total. The Morgan fingerprint density at radius 1 is 1.40 bits per heavy atom. The van der Waals surface area contributed by atoms with Gasteiger partial charge >= 0.3 is 0 Å². The van der Waals surface area contributed by atoms with Crippen molar-refractivity contribution >= 4 is 17.6 Å². The molecule has 3 nitrogen and oxygen atoms in total. The van der Waals surface area contributed by atoms with E-state index in [0.29, 0.717) is 0 Å². The molecule has 2 rings (SSSR count). The van der Waals surface area contributed by atoms with Crippen molar-refractivity contribution in [3.8, 4) is 0 Å². The summed E-state index contributed by atoms with van der Waals surface area (Å²) < 4.78 is 2.38. The molecule has 0 aromatic heterocycles. The minimum Gasteiger partial charge on any atom is -0.291 e. The van der Waals surface area contributed by atoms with Crippen molar-refractivity contribution in [1.82, 2.24) is 4.31 Å². The van der Waals surface area contributed by atoms with Gasteiger partial charge in [-0.3, -0.25) is 10.7 Å². The molecule has 1 aliphatic heterocycles. The van der Waals surface area contributed by atoms with Crippen molar-refractivity contribution in [2.24, 2.45) is 5.92 Å². The second-order valence-corrected chi connectivity index (χ2v) is 5.26.